The van der Waals surface area contributed by atoms with Gasteiger partial charge in [0.15, 0.2) is 14.6 Å². The fourth-order valence-electron chi connectivity index (χ4n) is 1.20. The van der Waals surface area contributed by atoms with Crippen LogP contribution in [0.3, 0.4) is 0 Å². The molecule has 0 aromatic carbocycles. The Morgan fingerprint density at radius 1 is 1.36 bits per heavy atom. The standard InChI is InChI=1S/C8H16N2O3S/c1-6(2)9-10-7(11)8(4-5-8)14(3,12)13/h6,9H,4-5H2,1-3H3,(H,10,11). The number of hydrazine groups is 1. The topological polar surface area (TPSA) is 75.3 Å². The van der Waals surface area contributed by atoms with E-state index in [1.165, 1.54) is 0 Å². The number of carbonyl (C=O) groups is 1. The summed E-state index contributed by atoms with van der Waals surface area (Å²) in [4.78, 5) is 11.5. The minimum Gasteiger partial charge on any atom is -0.290 e. The number of hydrogen-bond acceptors (Lipinski definition) is 4. The van der Waals surface area contributed by atoms with Crippen LogP contribution in [0.4, 0.5) is 0 Å². The molecule has 0 radical (unpaired) electrons. The van der Waals surface area contributed by atoms with Gasteiger partial charge in [0.05, 0.1) is 0 Å². The molecule has 2 N–H and O–H groups in total. The molecule has 0 aromatic heterocycles. The van der Waals surface area contributed by atoms with Crippen molar-refractivity contribution in [2.24, 2.45) is 0 Å². The lowest BCUT2D eigenvalue weighted by molar-refractivity contribution is -0.122. The van der Waals surface area contributed by atoms with E-state index in [1.807, 2.05) is 13.8 Å². The molecular weight excluding hydrogens is 204 g/mol. The molecule has 1 aliphatic rings. The first-order valence-corrected chi connectivity index (χ1v) is 6.44. The van der Waals surface area contributed by atoms with Crippen molar-refractivity contribution in [3.63, 3.8) is 0 Å². The smallest absolute Gasteiger partial charge is 0.255 e. The van der Waals surface area contributed by atoms with E-state index in [-0.39, 0.29) is 6.04 Å². The summed E-state index contributed by atoms with van der Waals surface area (Å²) in [5.74, 6) is -0.436. The fraction of sp³-hybridized carbons (Fsp3) is 0.875. The van der Waals surface area contributed by atoms with Crippen molar-refractivity contribution in [1.29, 1.82) is 0 Å². The molecule has 0 atom stereocenters. The van der Waals surface area contributed by atoms with E-state index in [9.17, 15) is 13.2 Å². The molecule has 14 heavy (non-hydrogen) atoms. The zero-order valence-electron chi connectivity index (χ0n) is 8.62. The molecule has 0 aliphatic heterocycles. The maximum Gasteiger partial charge on any atom is 0.255 e. The maximum absolute atomic E-state index is 11.5. The molecule has 5 nitrogen and oxygen atoms in total. The van der Waals surface area contributed by atoms with Gasteiger partial charge in [0.1, 0.15) is 0 Å². The van der Waals surface area contributed by atoms with E-state index in [2.05, 4.69) is 10.9 Å². The van der Waals surface area contributed by atoms with Gasteiger partial charge in [0.2, 0.25) is 0 Å². The highest BCUT2D eigenvalue weighted by molar-refractivity contribution is 7.93. The summed E-state index contributed by atoms with van der Waals surface area (Å²) in [6.07, 6.45) is 1.96. The molecule has 1 rings (SSSR count). The third-order valence-electron chi connectivity index (χ3n) is 2.30. The number of nitrogens with one attached hydrogen (secondary N) is 2. The third-order valence-corrected chi connectivity index (χ3v) is 4.32. The average Bonchev–Trinajstić information content (AvgIpc) is 2.77. The summed E-state index contributed by atoms with van der Waals surface area (Å²) >= 11 is 0. The van der Waals surface area contributed by atoms with Gasteiger partial charge in [-0.1, -0.05) is 0 Å². The molecule has 0 heterocycles. The Hall–Kier alpha value is -0.620. The van der Waals surface area contributed by atoms with Crippen molar-refractivity contribution in [1.82, 2.24) is 10.9 Å². The monoisotopic (exact) mass is 220 g/mol. The lowest BCUT2D eigenvalue weighted by Gasteiger charge is -2.15. The predicted molar refractivity (Wildman–Crippen MR) is 53.2 cm³/mol. The lowest BCUT2D eigenvalue weighted by atomic mass is 10.4. The van der Waals surface area contributed by atoms with Crippen LogP contribution >= 0.6 is 0 Å². The average molecular weight is 220 g/mol. The SMILES string of the molecule is CC(C)NNC(=O)C1(S(C)(=O)=O)CC1. The van der Waals surface area contributed by atoms with Crippen LogP contribution in [0.2, 0.25) is 0 Å². The Balaban J connectivity index is 2.62. The zero-order chi connectivity index (χ0) is 11.0. The van der Waals surface area contributed by atoms with Gasteiger partial charge in [-0.15, -0.1) is 0 Å². The molecule has 1 saturated carbocycles. The second-order valence-electron chi connectivity index (χ2n) is 4.02. The first kappa shape index (κ1) is 11.5. The van der Waals surface area contributed by atoms with Crippen LogP contribution in [-0.4, -0.2) is 31.4 Å². The molecule has 1 amide bonds. The molecule has 0 bridgehead atoms. The van der Waals surface area contributed by atoms with Crippen molar-refractivity contribution >= 4 is 15.7 Å². The zero-order valence-corrected chi connectivity index (χ0v) is 9.44. The highest BCUT2D eigenvalue weighted by Crippen LogP contribution is 2.43. The molecule has 6 heteroatoms. The normalized spacial score (nSPS) is 19.4. The first-order valence-electron chi connectivity index (χ1n) is 4.55. The second-order valence-corrected chi connectivity index (χ2v) is 6.35. The van der Waals surface area contributed by atoms with Crippen LogP contribution < -0.4 is 10.9 Å². The highest BCUT2D eigenvalue weighted by Gasteiger charge is 2.58. The van der Waals surface area contributed by atoms with E-state index in [1.54, 1.807) is 0 Å². The lowest BCUT2D eigenvalue weighted by Crippen LogP contribution is -2.49. The van der Waals surface area contributed by atoms with Gasteiger partial charge >= 0.3 is 0 Å². The number of sulfone groups is 1. The Kier molecular flexibility index (Phi) is 2.87. The molecule has 0 aromatic rings. The number of amides is 1. The van der Waals surface area contributed by atoms with E-state index in [4.69, 9.17) is 0 Å². The summed E-state index contributed by atoms with van der Waals surface area (Å²) < 4.78 is 21.5. The first-order chi connectivity index (χ1) is 6.29. The Morgan fingerprint density at radius 2 is 1.86 bits per heavy atom. The van der Waals surface area contributed by atoms with Crippen LogP contribution in [0.25, 0.3) is 0 Å². The van der Waals surface area contributed by atoms with Crippen LogP contribution in [0.1, 0.15) is 26.7 Å². The second kappa shape index (κ2) is 3.51. The molecule has 0 saturated heterocycles. The molecule has 1 aliphatic carbocycles. The number of hydrogen-bond donors (Lipinski definition) is 2. The number of carbonyl (C=O) groups excluding carboxylic acids is 1. The van der Waals surface area contributed by atoms with Crippen LogP contribution in [0, 0.1) is 0 Å². The fourth-order valence-corrected chi connectivity index (χ4v) is 2.44. The molecular formula is C8H16N2O3S. The number of rotatable bonds is 4. The highest BCUT2D eigenvalue weighted by atomic mass is 32.2. The van der Waals surface area contributed by atoms with Crippen molar-refractivity contribution < 1.29 is 13.2 Å². The molecule has 82 valence electrons. The molecule has 0 unspecified atom stereocenters. The van der Waals surface area contributed by atoms with Crippen molar-refractivity contribution in [2.75, 3.05) is 6.26 Å². The van der Waals surface area contributed by atoms with Gasteiger partial charge in [0.25, 0.3) is 5.91 Å². The van der Waals surface area contributed by atoms with Gasteiger partial charge in [-0.3, -0.25) is 10.2 Å². The van der Waals surface area contributed by atoms with Gasteiger partial charge in [0, 0.05) is 12.3 Å². The summed E-state index contributed by atoms with van der Waals surface area (Å²) in [7, 11) is -3.29. The van der Waals surface area contributed by atoms with Crippen molar-refractivity contribution in [3.05, 3.63) is 0 Å². The van der Waals surface area contributed by atoms with Crippen LogP contribution in [0.15, 0.2) is 0 Å². The van der Waals surface area contributed by atoms with Crippen molar-refractivity contribution in [2.45, 2.75) is 37.5 Å². The van der Waals surface area contributed by atoms with Gasteiger partial charge in [-0.25, -0.2) is 13.8 Å². The molecule has 0 spiro atoms. The predicted octanol–water partition coefficient (Wildman–Crippen LogP) is -0.407. The van der Waals surface area contributed by atoms with Crippen LogP contribution in [-0.2, 0) is 14.6 Å². The van der Waals surface area contributed by atoms with E-state index >= 15 is 0 Å². The summed E-state index contributed by atoms with van der Waals surface area (Å²) in [5.41, 5.74) is 5.12. The van der Waals surface area contributed by atoms with Gasteiger partial charge in [-0.2, -0.15) is 0 Å². The van der Waals surface area contributed by atoms with E-state index in [0.29, 0.717) is 12.8 Å². The largest absolute Gasteiger partial charge is 0.290 e. The van der Waals surface area contributed by atoms with Gasteiger partial charge < -0.3 is 0 Å². The van der Waals surface area contributed by atoms with E-state index < -0.39 is 20.5 Å². The summed E-state index contributed by atoms with van der Waals surface area (Å²) in [6, 6.07) is 0.0920. The van der Waals surface area contributed by atoms with Crippen LogP contribution in [0.5, 0.6) is 0 Å². The van der Waals surface area contributed by atoms with Crippen molar-refractivity contribution in [3.8, 4) is 0 Å². The van der Waals surface area contributed by atoms with Gasteiger partial charge in [-0.05, 0) is 26.7 Å². The summed E-state index contributed by atoms with van der Waals surface area (Å²) in [6.45, 7) is 3.72. The van der Waals surface area contributed by atoms with E-state index in [0.717, 1.165) is 6.26 Å². The molecule has 1 fully saturated rings. The quantitative estimate of drug-likeness (QED) is 0.632. The summed E-state index contributed by atoms with van der Waals surface area (Å²) in [5, 5.41) is 0. The Bertz CT molecular complexity index is 330. The minimum absolute atomic E-state index is 0.0920. The maximum atomic E-state index is 11.5. The Labute approximate surface area is 84.1 Å². The Morgan fingerprint density at radius 3 is 2.14 bits per heavy atom. The minimum atomic E-state index is -3.29. The third kappa shape index (κ3) is 2.06.